The Hall–Kier alpha value is -1.00. The number of hydrogen-bond acceptors (Lipinski definition) is 3. The van der Waals surface area contributed by atoms with Crippen LogP contribution in [0, 0.1) is 0 Å². The van der Waals surface area contributed by atoms with Crippen molar-refractivity contribution in [2.75, 3.05) is 23.8 Å². The Balaban J connectivity index is 2.04. The Morgan fingerprint density at radius 2 is 2.28 bits per heavy atom. The van der Waals surface area contributed by atoms with E-state index in [1.165, 1.54) is 17.3 Å². The number of aryl methyl sites for hydroxylation is 1. The van der Waals surface area contributed by atoms with Crippen LogP contribution < -0.4 is 4.90 Å². The van der Waals surface area contributed by atoms with Crippen molar-refractivity contribution in [3.05, 3.63) is 29.8 Å². The van der Waals surface area contributed by atoms with Gasteiger partial charge in [-0.25, -0.2) is 0 Å². The fourth-order valence-electron chi connectivity index (χ4n) is 2.14. The minimum atomic E-state index is 0.119. The summed E-state index contributed by atoms with van der Waals surface area (Å²) >= 11 is 1.51. The highest BCUT2D eigenvalue weighted by atomic mass is 32.2. The molecule has 0 saturated heterocycles. The van der Waals surface area contributed by atoms with E-state index in [0.29, 0.717) is 5.75 Å². The molecule has 1 N–H and O–H groups in total. The highest BCUT2D eigenvalue weighted by molar-refractivity contribution is 8.00. The first-order chi connectivity index (χ1) is 8.72. The molecule has 1 aliphatic rings. The minimum Gasteiger partial charge on any atom is -0.395 e. The first-order valence-corrected chi connectivity index (χ1v) is 7.38. The van der Waals surface area contributed by atoms with Crippen LogP contribution in [0.2, 0.25) is 0 Å². The summed E-state index contributed by atoms with van der Waals surface area (Å²) in [5, 5.41) is 9.09. The maximum absolute atomic E-state index is 12.2. The third kappa shape index (κ3) is 3.06. The van der Waals surface area contributed by atoms with Crippen molar-refractivity contribution in [1.29, 1.82) is 0 Å². The number of carbonyl (C=O) groups is 1. The quantitative estimate of drug-likeness (QED) is 0.906. The lowest BCUT2D eigenvalue weighted by molar-refractivity contribution is -0.116. The zero-order valence-corrected chi connectivity index (χ0v) is 11.4. The van der Waals surface area contributed by atoms with Gasteiger partial charge in [-0.15, -0.1) is 11.8 Å². The standard InChI is InChI=1S/C14H19NO2S/c1-11(9-16)18-10-14(17)15-8-4-6-12-5-2-3-7-13(12)15/h2-3,5,7,11,16H,4,6,8-10H2,1H3. The number of hydrogen-bond donors (Lipinski definition) is 1. The largest absolute Gasteiger partial charge is 0.395 e. The number of aliphatic hydroxyl groups is 1. The van der Waals surface area contributed by atoms with E-state index >= 15 is 0 Å². The van der Waals surface area contributed by atoms with Crippen molar-refractivity contribution in [1.82, 2.24) is 0 Å². The number of rotatable bonds is 4. The van der Waals surface area contributed by atoms with Crippen LogP contribution >= 0.6 is 11.8 Å². The van der Waals surface area contributed by atoms with E-state index in [1.807, 2.05) is 30.0 Å². The van der Waals surface area contributed by atoms with Crippen LogP contribution in [0.15, 0.2) is 24.3 Å². The molecule has 4 heteroatoms. The van der Waals surface area contributed by atoms with Gasteiger partial charge in [0.25, 0.3) is 0 Å². The molecule has 0 aromatic heterocycles. The number of anilines is 1. The predicted octanol–water partition coefficient (Wildman–Crippen LogP) is 2.08. The number of benzene rings is 1. The number of carbonyl (C=O) groups excluding carboxylic acids is 1. The smallest absolute Gasteiger partial charge is 0.236 e. The van der Waals surface area contributed by atoms with E-state index in [4.69, 9.17) is 5.11 Å². The van der Waals surface area contributed by atoms with E-state index in [9.17, 15) is 4.79 Å². The lowest BCUT2D eigenvalue weighted by Crippen LogP contribution is -2.37. The molecule has 1 atom stereocenters. The van der Waals surface area contributed by atoms with Gasteiger partial charge in [0.15, 0.2) is 0 Å². The number of nitrogens with zero attached hydrogens (tertiary/aromatic N) is 1. The van der Waals surface area contributed by atoms with Crippen LogP contribution in [-0.2, 0) is 11.2 Å². The van der Waals surface area contributed by atoms with Crippen LogP contribution in [0.25, 0.3) is 0 Å². The molecule has 0 fully saturated rings. The van der Waals surface area contributed by atoms with Gasteiger partial charge in [-0.05, 0) is 24.5 Å². The zero-order valence-electron chi connectivity index (χ0n) is 10.6. The molecule has 0 radical (unpaired) electrons. The van der Waals surface area contributed by atoms with Gasteiger partial charge in [0.05, 0.1) is 12.4 Å². The van der Waals surface area contributed by atoms with E-state index in [2.05, 4.69) is 6.07 Å². The SMILES string of the molecule is CC(CO)SCC(=O)N1CCCc2ccccc21. The second-order valence-electron chi connectivity index (χ2n) is 4.58. The second kappa shape index (κ2) is 6.25. The molecule has 18 heavy (non-hydrogen) atoms. The molecule has 1 heterocycles. The van der Waals surface area contributed by atoms with Crippen LogP contribution in [-0.4, -0.2) is 35.2 Å². The van der Waals surface area contributed by atoms with E-state index in [-0.39, 0.29) is 17.8 Å². The molecule has 1 aliphatic heterocycles. The van der Waals surface area contributed by atoms with Crippen molar-refractivity contribution in [3.63, 3.8) is 0 Å². The summed E-state index contributed by atoms with van der Waals surface area (Å²) in [6, 6.07) is 8.12. The van der Waals surface area contributed by atoms with Gasteiger partial charge in [0.2, 0.25) is 5.91 Å². The van der Waals surface area contributed by atoms with Crippen molar-refractivity contribution in [2.45, 2.75) is 25.0 Å². The van der Waals surface area contributed by atoms with Gasteiger partial charge in [0.1, 0.15) is 0 Å². The molecule has 1 amide bonds. The Morgan fingerprint density at radius 1 is 1.50 bits per heavy atom. The zero-order chi connectivity index (χ0) is 13.0. The number of fused-ring (bicyclic) bond motifs is 1. The van der Waals surface area contributed by atoms with E-state index in [0.717, 1.165) is 25.1 Å². The van der Waals surface area contributed by atoms with Gasteiger partial charge in [-0.1, -0.05) is 25.1 Å². The van der Waals surface area contributed by atoms with Gasteiger partial charge in [0, 0.05) is 17.5 Å². The summed E-state index contributed by atoms with van der Waals surface area (Å²) in [5.41, 5.74) is 2.32. The van der Waals surface area contributed by atoms with Gasteiger partial charge in [-0.2, -0.15) is 0 Å². The number of thioether (sulfide) groups is 1. The molecule has 0 spiro atoms. The van der Waals surface area contributed by atoms with Crippen LogP contribution in [0.4, 0.5) is 5.69 Å². The molecule has 0 saturated carbocycles. The van der Waals surface area contributed by atoms with Crippen molar-refractivity contribution in [3.8, 4) is 0 Å². The fourth-order valence-corrected chi connectivity index (χ4v) is 2.83. The van der Waals surface area contributed by atoms with Crippen molar-refractivity contribution >= 4 is 23.4 Å². The first kappa shape index (κ1) is 13.4. The summed E-state index contributed by atoms with van der Waals surface area (Å²) in [4.78, 5) is 14.1. The summed E-state index contributed by atoms with van der Waals surface area (Å²) in [7, 11) is 0. The summed E-state index contributed by atoms with van der Waals surface area (Å²) < 4.78 is 0. The fraction of sp³-hybridized carbons (Fsp3) is 0.500. The molecular weight excluding hydrogens is 246 g/mol. The van der Waals surface area contributed by atoms with E-state index < -0.39 is 0 Å². The number of aliphatic hydroxyl groups excluding tert-OH is 1. The van der Waals surface area contributed by atoms with Gasteiger partial charge >= 0.3 is 0 Å². The lowest BCUT2D eigenvalue weighted by Gasteiger charge is -2.29. The molecule has 1 unspecified atom stereocenters. The van der Waals surface area contributed by atoms with E-state index in [1.54, 1.807) is 0 Å². The summed E-state index contributed by atoms with van der Waals surface area (Å²) in [5.74, 6) is 0.586. The molecule has 0 aliphatic carbocycles. The predicted molar refractivity (Wildman–Crippen MR) is 76.1 cm³/mol. The average molecular weight is 265 g/mol. The van der Waals surface area contributed by atoms with Crippen molar-refractivity contribution in [2.24, 2.45) is 0 Å². The first-order valence-electron chi connectivity index (χ1n) is 6.33. The highest BCUT2D eigenvalue weighted by Gasteiger charge is 2.22. The van der Waals surface area contributed by atoms with Crippen molar-refractivity contribution < 1.29 is 9.90 Å². The molecule has 98 valence electrons. The Labute approximate surface area is 112 Å². The third-order valence-corrected chi connectivity index (χ3v) is 4.29. The second-order valence-corrected chi connectivity index (χ2v) is 6.01. The number of amides is 1. The Kier molecular flexibility index (Phi) is 4.66. The Morgan fingerprint density at radius 3 is 3.06 bits per heavy atom. The van der Waals surface area contributed by atoms with Crippen LogP contribution in [0.3, 0.4) is 0 Å². The van der Waals surface area contributed by atoms with Crippen LogP contribution in [0.5, 0.6) is 0 Å². The molecular formula is C14H19NO2S. The normalized spacial score (nSPS) is 16.2. The Bertz CT molecular complexity index is 422. The van der Waals surface area contributed by atoms with Gasteiger partial charge < -0.3 is 10.0 Å². The molecule has 1 aromatic carbocycles. The maximum Gasteiger partial charge on any atom is 0.236 e. The van der Waals surface area contributed by atoms with Crippen LogP contribution in [0.1, 0.15) is 18.9 Å². The lowest BCUT2D eigenvalue weighted by atomic mass is 10.0. The molecule has 0 bridgehead atoms. The molecule has 3 nitrogen and oxygen atoms in total. The summed E-state index contributed by atoms with van der Waals surface area (Å²) in [6.45, 7) is 2.86. The maximum atomic E-state index is 12.2. The summed E-state index contributed by atoms with van der Waals surface area (Å²) in [6.07, 6.45) is 2.09. The monoisotopic (exact) mass is 265 g/mol. The number of para-hydroxylation sites is 1. The molecule has 2 rings (SSSR count). The average Bonchev–Trinajstić information content (AvgIpc) is 2.43. The minimum absolute atomic E-state index is 0.119. The molecule has 1 aromatic rings. The van der Waals surface area contributed by atoms with Gasteiger partial charge in [-0.3, -0.25) is 4.79 Å². The highest BCUT2D eigenvalue weighted by Crippen LogP contribution is 2.27. The topological polar surface area (TPSA) is 40.5 Å². The third-order valence-electron chi connectivity index (χ3n) is 3.16.